The minimum atomic E-state index is -0.466. The zero-order chi connectivity index (χ0) is 17.9. The van der Waals surface area contributed by atoms with Crippen molar-refractivity contribution in [3.8, 4) is 11.1 Å². The van der Waals surface area contributed by atoms with Crippen LogP contribution in [0.2, 0.25) is 5.02 Å². The minimum Gasteiger partial charge on any atom is -0.402 e. The molecule has 0 spiro atoms. The molecule has 0 unspecified atom stereocenters. The largest absolute Gasteiger partial charge is 0.402 e. The van der Waals surface area contributed by atoms with E-state index in [9.17, 15) is 4.79 Å². The monoisotopic (exact) mass is 359 g/mol. The minimum absolute atomic E-state index is 0.259. The first-order chi connectivity index (χ1) is 12.7. The number of hydrogen-bond donors (Lipinski definition) is 0. The lowest BCUT2D eigenvalue weighted by Crippen LogP contribution is -2.05. The standard InChI is InChI=1S/C22H14ClNO2/c23-19-8-4-5-15(13-19)14-20-22(25)26-21(24-20)18-11-9-17(10-12-18)16-6-2-1-3-7-16/h1-14H/b20-14-. The number of halogens is 1. The first kappa shape index (κ1) is 16.3. The molecule has 3 aromatic carbocycles. The molecule has 126 valence electrons. The number of rotatable bonds is 3. The highest BCUT2D eigenvalue weighted by Gasteiger charge is 2.24. The molecule has 0 atom stereocenters. The Morgan fingerprint density at radius 2 is 1.50 bits per heavy atom. The van der Waals surface area contributed by atoms with E-state index in [-0.39, 0.29) is 5.70 Å². The van der Waals surface area contributed by atoms with Crippen LogP contribution in [0.5, 0.6) is 0 Å². The summed E-state index contributed by atoms with van der Waals surface area (Å²) in [7, 11) is 0. The van der Waals surface area contributed by atoms with Crippen LogP contribution in [0.25, 0.3) is 17.2 Å². The number of ether oxygens (including phenoxy) is 1. The summed E-state index contributed by atoms with van der Waals surface area (Å²) in [4.78, 5) is 16.4. The van der Waals surface area contributed by atoms with Gasteiger partial charge in [0, 0.05) is 10.6 Å². The summed E-state index contributed by atoms with van der Waals surface area (Å²) in [6.45, 7) is 0. The lowest BCUT2D eigenvalue weighted by molar-refractivity contribution is -0.129. The molecule has 1 aliphatic heterocycles. The van der Waals surface area contributed by atoms with Crippen molar-refractivity contribution in [1.82, 2.24) is 0 Å². The van der Waals surface area contributed by atoms with Gasteiger partial charge in [0.1, 0.15) is 0 Å². The summed E-state index contributed by atoms with van der Waals surface area (Å²) < 4.78 is 5.32. The van der Waals surface area contributed by atoms with E-state index in [2.05, 4.69) is 4.99 Å². The number of carbonyl (C=O) groups is 1. The number of hydrogen-bond acceptors (Lipinski definition) is 3. The van der Waals surface area contributed by atoms with E-state index in [0.29, 0.717) is 10.9 Å². The Morgan fingerprint density at radius 1 is 0.808 bits per heavy atom. The van der Waals surface area contributed by atoms with Gasteiger partial charge < -0.3 is 4.74 Å². The number of benzene rings is 3. The van der Waals surface area contributed by atoms with E-state index in [4.69, 9.17) is 16.3 Å². The van der Waals surface area contributed by atoms with Crippen molar-refractivity contribution in [2.75, 3.05) is 0 Å². The summed E-state index contributed by atoms with van der Waals surface area (Å²) >= 11 is 5.98. The van der Waals surface area contributed by atoms with Crippen molar-refractivity contribution in [2.24, 2.45) is 4.99 Å². The van der Waals surface area contributed by atoms with Gasteiger partial charge in [-0.3, -0.25) is 0 Å². The molecule has 4 rings (SSSR count). The highest BCUT2D eigenvalue weighted by atomic mass is 35.5. The molecule has 0 radical (unpaired) electrons. The van der Waals surface area contributed by atoms with Crippen molar-refractivity contribution in [2.45, 2.75) is 0 Å². The van der Waals surface area contributed by atoms with Gasteiger partial charge in [0.15, 0.2) is 5.70 Å². The molecular formula is C22H14ClNO2. The topological polar surface area (TPSA) is 38.7 Å². The molecule has 0 saturated carbocycles. The predicted molar refractivity (Wildman–Crippen MR) is 104 cm³/mol. The average Bonchev–Trinajstić information content (AvgIpc) is 3.03. The van der Waals surface area contributed by atoms with Gasteiger partial charge in [-0.25, -0.2) is 9.79 Å². The van der Waals surface area contributed by atoms with Crippen LogP contribution in [0.4, 0.5) is 0 Å². The second-order valence-corrected chi connectivity index (χ2v) is 6.27. The summed E-state index contributed by atoms with van der Waals surface area (Å²) in [6, 6.07) is 25.1. The molecule has 0 saturated heterocycles. The smallest absolute Gasteiger partial charge is 0.363 e. The third-order valence-electron chi connectivity index (χ3n) is 4.01. The molecule has 26 heavy (non-hydrogen) atoms. The average molecular weight is 360 g/mol. The second kappa shape index (κ2) is 6.98. The molecule has 0 bridgehead atoms. The Bertz CT molecular complexity index is 1020. The Kier molecular flexibility index (Phi) is 4.38. The molecule has 0 aromatic heterocycles. The Labute approximate surface area is 156 Å². The first-order valence-corrected chi connectivity index (χ1v) is 8.51. The molecule has 3 nitrogen and oxygen atoms in total. The van der Waals surface area contributed by atoms with E-state index in [1.54, 1.807) is 18.2 Å². The molecule has 3 aromatic rings. The normalized spacial score (nSPS) is 15.0. The van der Waals surface area contributed by atoms with Gasteiger partial charge >= 0.3 is 5.97 Å². The SMILES string of the molecule is O=C1OC(c2ccc(-c3ccccc3)cc2)=N/C1=C\c1cccc(Cl)c1. The number of carbonyl (C=O) groups excluding carboxylic acids is 1. The van der Waals surface area contributed by atoms with Crippen molar-refractivity contribution >= 4 is 29.5 Å². The molecule has 1 heterocycles. The molecule has 0 amide bonds. The molecule has 0 aliphatic carbocycles. The van der Waals surface area contributed by atoms with E-state index < -0.39 is 5.97 Å². The lowest BCUT2D eigenvalue weighted by atomic mass is 10.0. The Hall–Kier alpha value is -3.17. The van der Waals surface area contributed by atoms with Crippen LogP contribution in [0.1, 0.15) is 11.1 Å². The van der Waals surface area contributed by atoms with Gasteiger partial charge in [0.25, 0.3) is 0 Å². The quantitative estimate of drug-likeness (QED) is 0.467. The van der Waals surface area contributed by atoms with Crippen LogP contribution in [0.15, 0.2) is 89.6 Å². The van der Waals surface area contributed by atoms with Gasteiger partial charge in [0.2, 0.25) is 5.90 Å². The van der Waals surface area contributed by atoms with Crippen LogP contribution >= 0.6 is 11.6 Å². The summed E-state index contributed by atoms with van der Waals surface area (Å²) in [6.07, 6.45) is 1.67. The highest BCUT2D eigenvalue weighted by Crippen LogP contribution is 2.23. The molecule has 0 fully saturated rings. The summed E-state index contributed by atoms with van der Waals surface area (Å²) in [5, 5.41) is 0.603. The molecule has 1 aliphatic rings. The fraction of sp³-hybridized carbons (Fsp3) is 0. The van der Waals surface area contributed by atoms with Crippen LogP contribution < -0.4 is 0 Å². The number of nitrogens with zero attached hydrogens (tertiary/aromatic N) is 1. The van der Waals surface area contributed by atoms with Crippen LogP contribution in [0.3, 0.4) is 0 Å². The number of aliphatic imine (C=N–C) groups is 1. The van der Waals surface area contributed by atoms with E-state index in [1.165, 1.54) is 0 Å². The van der Waals surface area contributed by atoms with Crippen LogP contribution in [-0.4, -0.2) is 11.9 Å². The van der Waals surface area contributed by atoms with Crippen molar-refractivity contribution < 1.29 is 9.53 Å². The first-order valence-electron chi connectivity index (χ1n) is 8.13. The maximum atomic E-state index is 12.1. The van der Waals surface area contributed by atoms with Crippen LogP contribution in [0, 0.1) is 0 Å². The highest BCUT2D eigenvalue weighted by molar-refractivity contribution is 6.30. The van der Waals surface area contributed by atoms with Gasteiger partial charge in [-0.1, -0.05) is 66.2 Å². The Morgan fingerprint density at radius 3 is 2.23 bits per heavy atom. The fourth-order valence-corrected chi connectivity index (χ4v) is 2.92. The van der Waals surface area contributed by atoms with Gasteiger partial charge in [-0.05, 0) is 47.0 Å². The van der Waals surface area contributed by atoms with Gasteiger partial charge in [-0.2, -0.15) is 0 Å². The third kappa shape index (κ3) is 3.44. The van der Waals surface area contributed by atoms with Crippen molar-refractivity contribution in [3.05, 3.63) is 101 Å². The summed E-state index contributed by atoms with van der Waals surface area (Å²) in [5.41, 5.74) is 4.04. The van der Waals surface area contributed by atoms with Crippen molar-refractivity contribution in [1.29, 1.82) is 0 Å². The Balaban J connectivity index is 1.61. The van der Waals surface area contributed by atoms with E-state index in [0.717, 1.165) is 22.3 Å². The zero-order valence-electron chi connectivity index (χ0n) is 13.7. The maximum absolute atomic E-state index is 12.1. The second-order valence-electron chi connectivity index (χ2n) is 5.83. The van der Waals surface area contributed by atoms with Gasteiger partial charge in [0.05, 0.1) is 0 Å². The molecule has 0 N–H and O–H groups in total. The van der Waals surface area contributed by atoms with Gasteiger partial charge in [-0.15, -0.1) is 0 Å². The van der Waals surface area contributed by atoms with E-state index >= 15 is 0 Å². The van der Waals surface area contributed by atoms with Crippen molar-refractivity contribution in [3.63, 3.8) is 0 Å². The number of esters is 1. The third-order valence-corrected chi connectivity index (χ3v) is 4.25. The zero-order valence-corrected chi connectivity index (χ0v) is 14.5. The van der Waals surface area contributed by atoms with Crippen LogP contribution in [-0.2, 0) is 9.53 Å². The maximum Gasteiger partial charge on any atom is 0.363 e. The lowest BCUT2D eigenvalue weighted by Gasteiger charge is -2.03. The molecular weight excluding hydrogens is 346 g/mol. The fourth-order valence-electron chi connectivity index (χ4n) is 2.72. The molecule has 4 heteroatoms. The number of cyclic esters (lactones) is 1. The summed E-state index contributed by atoms with van der Waals surface area (Å²) in [5.74, 6) is -0.157. The van der Waals surface area contributed by atoms with E-state index in [1.807, 2.05) is 66.7 Å². The predicted octanol–water partition coefficient (Wildman–Crippen LogP) is 5.35.